The van der Waals surface area contributed by atoms with Crippen LogP contribution in [0, 0.1) is 16.7 Å². The molecule has 1 aromatic rings. The second-order valence-corrected chi connectivity index (χ2v) is 10.1. The highest BCUT2D eigenvalue weighted by Crippen LogP contribution is 2.36. The first kappa shape index (κ1) is 24.2. The number of rotatable bonds is 8. The zero-order valence-electron chi connectivity index (χ0n) is 18.6. The van der Waals surface area contributed by atoms with Crippen molar-refractivity contribution in [3.63, 3.8) is 0 Å². The largest absolute Gasteiger partial charge is 0.490 e. The Hall–Kier alpha value is -1.88. The Morgan fingerprint density at radius 3 is 1.89 bits per heavy atom. The standard InChI is InChI=1S/C23H36O5/c1-21(2,3)15-18(22(4,5)6)20(25)28-14-13-27-17-11-9-16(10-12-17)19(24)23(7,8)26/h9-12,18,26H,13-15H2,1-8H3. The summed E-state index contributed by atoms with van der Waals surface area (Å²) in [7, 11) is 0. The Morgan fingerprint density at radius 1 is 0.929 bits per heavy atom. The van der Waals surface area contributed by atoms with Crippen LogP contribution in [0.25, 0.3) is 0 Å². The van der Waals surface area contributed by atoms with Gasteiger partial charge < -0.3 is 14.6 Å². The predicted octanol–water partition coefficient (Wildman–Crippen LogP) is 4.66. The number of hydrogen-bond acceptors (Lipinski definition) is 5. The van der Waals surface area contributed by atoms with Gasteiger partial charge in [-0.2, -0.15) is 0 Å². The van der Waals surface area contributed by atoms with Gasteiger partial charge in [0.15, 0.2) is 5.78 Å². The maximum Gasteiger partial charge on any atom is 0.309 e. The smallest absolute Gasteiger partial charge is 0.309 e. The van der Waals surface area contributed by atoms with Crippen LogP contribution in [0.2, 0.25) is 0 Å². The fourth-order valence-corrected chi connectivity index (χ4v) is 2.81. The molecule has 0 aromatic heterocycles. The molecule has 0 aliphatic carbocycles. The highest BCUT2D eigenvalue weighted by atomic mass is 16.6. The van der Waals surface area contributed by atoms with Crippen LogP contribution < -0.4 is 4.74 Å². The molecule has 28 heavy (non-hydrogen) atoms. The number of ketones is 1. The average Bonchev–Trinajstić information content (AvgIpc) is 2.53. The van der Waals surface area contributed by atoms with E-state index in [1.54, 1.807) is 24.3 Å². The molecule has 1 aromatic carbocycles. The van der Waals surface area contributed by atoms with Gasteiger partial charge in [0.1, 0.15) is 24.6 Å². The zero-order chi connectivity index (χ0) is 21.8. The minimum atomic E-state index is -1.41. The zero-order valence-corrected chi connectivity index (χ0v) is 18.6. The maximum absolute atomic E-state index is 12.6. The maximum atomic E-state index is 12.6. The summed E-state index contributed by atoms with van der Waals surface area (Å²) in [5.74, 6) is -0.151. The van der Waals surface area contributed by atoms with Crippen molar-refractivity contribution in [3.05, 3.63) is 29.8 Å². The summed E-state index contributed by atoms with van der Waals surface area (Å²) < 4.78 is 11.0. The van der Waals surface area contributed by atoms with Crippen molar-refractivity contribution in [2.24, 2.45) is 16.7 Å². The van der Waals surface area contributed by atoms with Crippen LogP contribution in [0.1, 0.15) is 72.2 Å². The van der Waals surface area contributed by atoms with E-state index in [0.29, 0.717) is 11.3 Å². The lowest BCUT2D eigenvalue weighted by Gasteiger charge is -2.33. The minimum Gasteiger partial charge on any atom is -0.490 e. The number of hydrogen-bond donors (Lipinski definition) is 1. The number of carbonyl (C=O) groups excluding carboxylic acids is 2. The van der Waals surface area contributed by atoms with E-state index >= 15 is 0 Å². The number of esters is 1. The minimum absolute atomic E-state index is 0.0375. The number of ether oxygens (including phenoxy) is 2. The fraction of sp³-hybridized carbons (Fsp3) is 0.652. The van der Waals surface area contributed by atoms with E-state index < -0.39 is 5.60 Å². The van der Waals surface area contributed by atoms with Crippen LogP contribution in [0.5, 0.6) is 5.75 Å². The van der Waals surface area contributed by atoms with Crippen molar-refractivity contribution in [1.29, 1.82) is 0 Å². The van der Waals surface area contributed by atoms with Crippen molar-refractivity contribution < 1.29 is 24.2 Å². The lowest BCUT2D eigenvalue weighted by molar-refractivity contribution is -0.154. The van der Waals surface area contributed by atoms with Crippen LogP contribution in [0.4, 0.5) is 0 Å². The third kappa shape index (κ3) is 8.01. The van der Waals surface area contributed by atoms with Gasteiger partial charge >= 0.3 is 5.97 Å². The van der Waals surface area contributed by atoms with Gasteiger partial charge in [-0.05, 0) is 55.4 Å². The van der Waals surface area contributed by atoms with Gasteiger partial charge in [0.25, 0.3) is 0 Å². The molecule has 5 nitrogen and oxygen atoms in total. The van der Waals surface area contributed by atoms with Crippen molar-refractivity contribution in [1.82, 2.24) is 0 Å². The van der Waals surface area contributed by atoms with E-state index in [2.05, 4.69) is 41.5 Å². The summed E-state index contributed by atoms with van der Waals surface area (Å²) in [6.45, 7) is 15.8. The first-order valence-electron chi connectivity index (χ1n) is 9.78. The molecule has 5 heteroatoms. The monoisotopic (exact) mass is 392 g/mol. The SMILES string of the molecule is CC(C)(C)CC(C(=O)OCCOc1ccc(C(=O)C(C)(C)O)cc1)C(C)(C)C. The van der Waals surface area contributed by atoms with E-state index in [9.17, 15) is 14.7 Å². The highest BCUT2D eigenvalue weighted by Gasteiger charge is 2.35. The molecule has 1 N–H and O–H groups in total. The predicted molar refractivity (Wildman–Crippen MR) is 111 cm³/mol. The van der Waals surface area contributed by atoms with Gasteiger partial charge in [0.2, 0.25) is 0 Å². The molecule has 1 rings (SSSR count). The molecule has 0 heterocycles. The molecule has 0 spiro atoms. The van der Waals surface area contributed by atoms with Crippen molar-refractivity contribution in [2.75, 3.05) is 13.2 Å². The Balaban J connectivity index is 2.55. The Morgan fingerprint density at radius 2 is 1.46 bits per heavy atom. The Kier molecular flexibility index (Phi) is 7.83. The summed E-state index contributed by atoms with van der Waals surface area (Å²) >= 11 is 0. The lowest BCUT2D eigenvalue weighted by Crippen LogP contribution is -2.34. The van der Waals surface area contributed by atoms with Gasteiger partial charge in [-0.1, -0.05) is 41.5 Å². The third-order valence-electron chi connectivity index (χ3n) is 4.41. The van der Waals surface area contributed by atoms with E-state index in [0.717, 1.165) is 6.42 Å². The molecule has 1 atom stereocenters. The summed E-state index contributed by atoms with van der Waals surface area (Å²) in [5.41, 5.74) is -1.13. The van der Waals surface area contributed by atoms with Gasteiger partial charge in [-0.3, -0.25) is 9.59 Å². The molecular weight excluding hydrogens is 356 g/mol. The number of carbonyl (C=O) groups is 2. The van der Waals surface area contributed by atoms with E-state index in [4.69, 9.17) is 9.47 Å². The molecule has 0 amide bonds. The van der Waals surface area contributed by atoms with Crippen LogP contribution in [0.15, 0.2) is 24.3 Å². The summed E-state index contributed by atoms with van der Waals surface area (Å²) in [4.78, 5) is 24.6. The molecule has 0 saturated carbocycles. The van der Waals surface area contributed by atoms with Crippen LogP contribution in [0.3, 0.4) is 0 Å². The number of benzene rings is 1. The number of aliphatic hydroxyl groups is 1. The van der Waals surface area contributed by atoms with E-state index in [1.807, 2.05) is 0 Å². The molecular formula is C23H36O5. The molecule has 0 radical (unpaired) electrons. The van der Waals surface area contributed by atoms with Crippen LogP contribution >= 0.6 is 0 Å². The summed E-state index contributed by atoms with van der Waals surface area (Å²) in [6, 6.07) is 6.55. The third-order valence-corrected chi connectivity index (χ3v) is 4.41. The van der Waals surface area contributed by atoms with Crippen LogP contribution in [-0.2, 0) is 9.53 Å². The van der Waals surface area contributed by atoms with Gasteiger partial charge in [-0.15, -0.1) is 0 Å². The second-order valence-electron chi connectivity index (χ2n) is 10.1. The van der Waals surface area contributed by atoms with Crippen molar-refractivity contribution in [3.8, 4) is 5.75 Å². The Bertz CT molecular complexity index is 654. The topological polar surface area (TPSA) is 72.8 Å². The van der Waals surface area contributed by atoms with E-state index in [-0.39, 0.29) is 41.7 Å². The highest BCUT2D eigenvalue weighted by molar-refractivity contribution is 6.01. The fourth-order valence-electron chi connectivity index (χ4n) is 2.81. The average molecular weight is 393 g/mol. The normalized spacial score (nSPS) is 13.8. The van der Waals surface area contributed by atoms with Gasteiger partial charge in [0.05, 0.1) is 5.92 Å². The molecule has 1 unspecified atom stereocenters. The molecule has 0 fully saturated rings. The van der Waals surface area contributed by atoms with Gasteiger partial charge in [0, 0.05) is 5.56 Å². The Labute approximate surface area is 169 Å². The first-order chi connectivity index (χ1) is 12.6. The van der Waals surface area contributed by atoms with Gasteiger partial charge in [-0.25, -0.2) is 0 Å². The molecule has 0 bridgehead atoms. The van der Waals surface area contributed by atoms with Crippen molar-refractivity contribution in [2.45, 2.75) is 67.4 Å². The second kappa shape index (κ2) is 9.08. The van der Waals surface area contributed by atoms with Crippen LogP contribution in [-0.4, -0.2) is 35.7 Å². The van der Waals surface area contributed by atoms with Crippen molar-refractivity contribution >= 4 is 11.8 Å². The molecule has 0 saturated heterocycles. The lowest BCUT2D eigenvalue weighted by atomic mass is 9.72. The van der Waals surface area contributed by atoms with E-state index in [1.165, 1.54) is 13.8 Å². The summed E-state index contributed by atoms with van der Waals surface area (Å²) in [5, 5.41) is 9.78. The molecule has 0 aliphatic rings. The number of Topliss-reactive ketones (excluding diaryl/α,β-unsaturated/α-hetero) is 1. The first-order valence-corrected chi connectivity index (χ1v) is 9.78. The molecule has 158 valence electrons. The quantitative estimate of drug-likeness (QED) is 0.396. The summed E-state index contributed by atoms with van der Waals surface area (Å²) in [6.07, 6.45) is 0.757. The molecule has 0 aliphatic heterocycles.